The molecule has 0 fully saturated rings. The number of allylic oxidation sites excluding steroid dienone is 2. The highest BCUT2D eigenvalue weighted by Gasteiger charge is 2.34. The second-order valence-corrected chi connectivity index (χ2v) is 16.0. The van der Waals surface area contributed by atoms with E-state index in [2.05, 4.69) is 22.9 Å². The van der Waals surface area contributed by atoms with Crippen molar-refractivity contribution in [3.8, 4) is 22.9 Å². The topological polar surface area (TPSA) is 0 Å². The molecule has 0 nitrogen and oxygen atoms in total. The Morgan fingerprint density at radius 1 is 0.789 bits per heavy atom. The lowest BCUT2D eigenvalue weighted by molar-refractivity contribution is -0.0876. The first-order chi connectivity index (χ1) is 8.22. The minimum atomic E-state index is -4.43. The van der Waals surface area contributed by atoms with Gasteiger partial charge in [-0.15, -0.1) is 11.1 Å². The summed E-state index contributed by atoms with van der Waals surface area (Å²) in [6, 6.07) is 0. The molecule has 0 rings (SSSR count). The molecule has 0 N–H and O–H groups in total. The van der Waals surface area contributed by atoms with Gasteiger partial charge in [-0.3, -0.25) is 0 Å². The Bertz CT molecular complexity index is 478. The van der Waals surface area contributed by atoms with Crippen LogP contribution < -0.4 is 0 Å². The van der Waals surface area contributed by atoms with Gasteiger partial charge in [0.25, 0.3) is 0 Å². The van der Waals surface area contributed by atoms with Crippen LogP contribution in [0.3, 0.4) is 0 Å². The number of hydrogen-bond acceptors (Lipinski definition) is 0. The Kier molecular flexibility index (Phi) is 5.73. The number of rotatable bonds is 0. The lowest BCUT2D eigenvalue weighted by Gasteiger charge is -2.10. The van der Waals surface area contributed by atoms with Crippen LogP contribution in [0.4, 0.5) is 13.2 Å². The second-order valence-electron chi connectivity index (χ2n) is 6.50. The summed E-state index contributed by atoms with van der Waals surface area (Å²) >= 11 is 0. The Morgan fingerprint density at radius 3 is 1.47 bits per heavy atom. The van der Waals surface area contributed by atoms with Gasteiger partial charge in [0.15, 0.2) is 0 Å². The zero-order valence-electron chi connectivity index (χ0n) is 12.6. The molecule has 5 heteroatoms. The van der Waals surface area contributed by atoms with Crippen LogP contribution in [-0.4, -0.2) is 22.3 Å². The van der Waals surface area contributed by atoms with Gasteiger partial charge in [0, 0.05) is 5.57 Å². The van der Waals surface area contributed by atoms with Crippen LogP contribution in [0.2, 0.25) is 39.3 Å². The fourth-order valence-electron chi connectivity index (χ4n) is 0.971. The van der Waals surface area contributed by atoms with E-state index in [0.717, 1.165) is 0 Å². The van der Waals surface area contributed by atoms with Crippen molar-refractivity contribution in [2.24, 2.45) is 0 Å². The molecule has 0 aromatic carbocycles. The van der Waals surface area contributed by atoms with Gasteiger partial charge in [0.05, 0.1) is 0 Å². The molecule has 0 saturated heterocycles. The molecule has 106 valence electrons. The van der Waals surface area contributed by atoms with Crippen LogP contribution >= 0.6 is 0 Å². The molecule has 0 bridgehead atoms. The maximum absolute atomic E-state index is 13.0. The van der Waals surface area contributed by atoms with Crippen molar-refractivity contribution in [2.75, 3.05) is 0 Å². The highest BCUT2D eigenvalue weighted by molar-refractivity contribution is 6.84. The smallest absolute Gasteiger partial charge is 0.165 e. The SMILES string of the molecule is C/C(C#C[Si](C)(C)C)=C(/C#C[Si](C)(C)C)C(F)(F)F. The van der Waals surface area contributed by atoms with Crippen molar-refractivity contribution in [1.29, 1.82) is 0 Å². The lowest BCUT2D eigenvalue weighted by Crippen LogP contribution is -2.19. The highest BCUT2D eigenvalue weighted by Crippen LogP contribution is 2.27. The van der Waals surface area contributed by atoms with E-state index < -0.39 is 27.9 Å². The third-order valence-corrected chi connectivity index (χ3v) is 3.60. The summed E-state index contributed by atoms with van der Waals surface area (Å²) in [7, 11) is -3.53. The van der Waals surface area contributed by atoms with Crippen molar-refractivity contribution in [3.05, 3.63) is 11.1 Å². The quantitative estimate of drug-likeness (QED) is 0.452. The van der Waals surface area contributed by atoms with Crippen molar-refractivity contribution < 1.29 is 13.2 Å². The van der Waals surface area contributed by atoms with E-state index >= 15 is 0 Å². The standard InChI is InChI=1S/C14H21F3Si2/c1-12(8-10-18(2,3)4)13(14(15,16)17)9-11-19(5,6)7/h1-7H3/b13-12+. The van der Waals surface area contributed by atoms with Crippen LogP contribution in [-0.2, 0) is 0 Å². The molecule has 19 heavy (non-hydrogen) atoms. The zero-order valence-corrected chi connectivity index (χ0v) is 14.6. The molecule has 0 aliphatic rings. The van der Waals surface area contributed by atoms with E-state index in [0.29, 0.717) is 0 Å². The monoisotopic (exact) mass is 302 g/mol. The Morgan fingerprint density at radius 2 is 1.16 bits per heavy atom. The minimum Gasteiger partial charge on any atom is -0.165 e. The first-order valence-corrected chi connectivity index (χ1v) is 13.1. The Hall–Kier alpha value is -0.916. The summed E-state index contributed by atoms with van der Waals surface area (Å²) < 4.78 is 38.9. The highest BCUT2D eigenvalue weighted by atomic mass is 28.3. The summed E-state index contributed by atoms with van der Waals surface area (Å²) in [6.07, 6.45) is -4.43. The molecular weight excluding hydrogens is 281 g/mol. The third kappa shape index (κ3) is 8.74. The largest absolute Gasteiger partial charge is 0.425 e. The molecule has 0 spiro atoms. The molecule has 0 radical (unpaired) electrons. The van der Waals surface area contributed by atoms with Gasteiger partial charge in [-0.2, -0.15) is 13.2 Å². The average Bonchev–Trinajstić information content (AvgIpc) is 2.09. The molecule has 0 aromatic heterocycles. The maximum Gasteiger partial charge on any atom is 0.425 e. The van der Waals surface area contributed by atoms with Crippen molar-refractivity contribution >= 4 is 16.1 Å². The van der Waals surface area contributed by atoms with Gasteiger partial charge in [-0.05, 0) is 6.92 Å². The number of halogens is 3. The normalized spacial score (nSPS) is 13.8. The summed E-state index contributed by atoms with van der Waals surface area (Å²) in [5, 5.41) is 0. The Labute approximate surface area is 116 Å². The maximum atomic E-state index is 13.0. The van der Waals surface area contributed by atoms with Crippen LogP contribution in [0, 0.1) is 22.9 Å². The van der Waals surface area contributed by atoms with Gasteiger partial charge >= 0.3 is 6.18 Å². The van der Waals surface area contributed by atoms with E-state index in [1.165, 1.54) is 6.92 Å². The lowest BCUT2D eigenvalue weighted by atomic mass is 10.1. The van der Waals surface area contributed by atoms with E-state index in [4.69, 9.17) is 0 Å². The molecule has 0 aromatic rings. The number of hydrogen-bond donors (Lipinski definition) is 0. The van der Waals surface area contributed by atoms with E-state index in [9.17, 15) is 13.2 Å². The minimum absolute atomic E-state index is 0.0284. The van der Waals surface area contributed by atoms with Gasteiger partial charge in [0.1, 0.15) is 21.7 Å². The fraction of sp³-hybridized carbons (Fsp3) is 0.571. The summed E-state index contributed by atoms with van der Waals surface area (Å²) in [6.45, 7) is 13.1. The van der Waals surface area contributed by atoms with E-state index in [1.54, 1.807) is 0 Å². The van der Waals surface area contributed by atoms with Gasteiger partial charge in [0.2, 0.25) is 0 Å². The fourth-order valence-corrected chi connectivity index (χ4v) is 2.03. The molecule has 0 saturated carbocycles. The van der Waals surface area contributed by atoms with Crippen molar-refractivity contribution in [2.45, 2.75) is 52.4 Å². The molecule has 0 atom stereocenters. The summed E-state index contributed by atoms with van der Waals surface area (Å²) in [4.78, 5) is 0. The van der Waals surface area contributed by atoms with Crippen molar-refractivity contribution in [1.82, 2.24) is 0 Å². The summed E-state index contributed by atoms with van der Waals surface area (Å²) in [5.41, 5.74) is 4.94. The van der Waals surface area contributed by atoms with Crippen LogP contribution in [0.5, 0.6) is 0 Å². The van der Waals surface area contributed by atoms with Crippen LogP contribution in [0.25, 0.3) is 0 Å². The molecular formula is C14H21F3Si2. The molecule has 0 aliphatic carbocycles. The zero-order chi connectivity index (χ0) is 15.5. The first kappa shape index (κ1) is 18.1. The first-order valence-electron chi connectivity index (χ1n) is 6.07. The third-order valence-electron chi connectivity index (χ3n) is 1.85. The van der Waals surface area contributed by atoms with E-state index in [-0.39, 0.29) is 5.57 Å². The van der Waals surface area contributed by atoms with Gasteiger partial charge in [-0.1, -0.05) is 51.1 Å². The summed E-state index contributed by atoms with van der Waals surface area (Å²) in [5.74, 6) is 4.96. The number of alkyl halides is 3. The molecule has 0 amide bonds. The van der Waals surface area contributed by atoms with Gasteiger partial charge in [-0.25, -0.2) is 0 Å². The second kappa shape index (κ2) is 6.02. The molecule has 0 heterocycles. The average molecular weight is 302 g/mol. The van der Waals surface area contributed by atoms with Crippen molar-refractivity contribution in [3.63, 3.8) is 0 Å². The Balaban J connectivity index is 5.72. The van der Waals surface area contributed by atoms with Gasteiger partial charge < -0.3 is 0 Å². The van der Waals surface area contributed by atoms with Crippen LogP contribution in [0.1, 0.15) is 6.92 Å². The van der Waals surface area contributed by atoms with E-state index in [1.807, 2.05) is 39.3 Å². The van der Waals surface area contributed by atoms with Crippen LogP contribution in [0.15, 0.2) is 11.1 Å². The predicted molar refractivity (Wildman–Crippen MR) is 81.0 cm³/mol. The molecule has 0 aliphatic heterocycles. The predicted octanol–water partition coefficient (Wildman–Crippen LogP) is 4.63. The molecule has 0 unspecified atom stereocenters.